The first-order valence-electron chi connectivity index (χ1n) is 6.20. The zero-order valence-electron chi connectivity index (χ0n) is 11.6. The van der Waals surface area contributed by atoms with E-state index >= 15 is 0 Å². The van der Waals surface area contributed by atoms with Crippen molar-refractivity contribution in [2.24, 2.45) is 0 Å². The van der Waals surface area contributed by atoms with Crippen molar-refractivity contribution in [3.8, 4) is 0 Å². The molecule has 1 aromatic heterocycles. The van der Waals surface area contributed by atoms with Crippen molar-refractivity contribution in [1.82, 2.24) is 10.1 Å². The second-order valence-electron chi connectivity index (χ2n) is 4.54. The highest BCUT2D eigenvalue weighted by molar-refractivity contribution is 9.10. The first-order chi connectivity index (χ1) is 9.95. The molecule has 2 amide bonds. The summed E-state index contributed by atoms with van der Waals surface area (Å²) in [6.07, 6.45) is 0. The highest BCUT2D eigenvalue weighted by Crippen LogP contribution is 2.12. The topological polar surface area (TPSA) is 75.4 Å². The summed E-state index contributed by atoms with van der Waals surface area (Å²) in [5.41, 5.74) is 0.519. The zero-order chi connectivity index (χ0) is 15.4. The van der Waals surface area contributed by atoms with Gasteiger partial charge in [0.15, 0.2) is 5.82 Å². The van der Waals surface area contributed by atoms with E-state index in [0.29, 0.717) is 17.1 Å². The SMILES string of the molecule is Cc1cc(NC(=O)CN(C)C(=O)c2ccc(Br)cc2)no1. The maximum atomic E-state index is 12.1. The number of aryl methyl sites for hydroxylation is 1. The van der Waals surface area contributed by atoms with Crippen molar-refractivity contribution in [2.45, 2.75) is 6.92 Å². The Hall–Kier alpha value is -2.15. The van der Waals surface area contributed by atoms with Crippen LogP contribution in [0.2, 0.25) is 0 Å². The second-order valence-corrected chi connectivity index (χ2v) is 5.45. The van der Waals surface area contributed by atoms with Crippen molar-refractivity contribution >= 4 is 33.6 Å². The summed E-state index contributed by atoms with van der Waals surface area (Å²) in [4.78, 5) is 25.3. The molecule has 0 aliphatic rings. The number of rotatable bonds is 4. The summed E-state index contributed by atoms with van der Waals surface area (Å²) >= 11 is 3.31. The summed E-state index contributed by atoms with van der Waals surface area (Å²) in [5.74, 6) is 0.372. The molecule has 0 radical (unpaired) electrons. The Kier molecular flexibility index (Phi) is 4.74. The molecule has 2 rings (SSSR count). The van der Waals surface area contributed by atoms with E-state index in [1.165, 1.54) is 4.90 Å². The normalized spacial score (nSPS) is 10.2. The van der Waals surface area contributed by atoms with Crippen LogP contribution in [0.25, 0.3) is 0 Å². The minimum atomic E-state index is -0.337. The van der Waals surface area contributed by atoms with E-state index in [0.717, 1.165) is 4.47 Å². The third kappa shape index (κ3) is 4.16. The smallest absolute Gasteiger partial charge is 0.254 e. The zero-order valence-corrected chi connectivity index (χ0v) is 13.2. The number of amides is 2. The predicted octanol–water partition coefficient (Wildman–Crippen LogP) is 2.46. The Balaban J connectivity index is 1.94. The third-order valence-electron chi connectivity index (χ3n) is 2.71. The molecule has 0 aliphatic heterocycles. The Bertz CT molecular complexity index is 652. The third-order valence-corrected chi connectivity index (χ3v) is 3.24. The van der Waals surface area contributed by atoms with Gasteiger partial charge in [-0.2, -0.15) is 0 Å². The first kappa shape index (κ1) is 15.2. The number of hydrogen-bond acceptors (Lipinski definition) is 4. The van der Waals surface area contributed by atoms with Crippen LogP contribution in [0.4, 0.5) is 5.82 Å². The van der Waals surface area contributed by atoms with Crippen molar-refractivity contribution in [3.63, 3.8) is 0 Å². The van der Waals surface area contributed by atoms with Crippen LogP contribution in [-0.2, 0) is 4.79 Å². The van der Waals surface area contributed by atoms with Crippen molar-refractivity contribution in [2.75, 3.05) is 18.9 Å². The number of carbonyl (C=O) groups excluding carboxylic acids is 2. The molecule has 1 N–H and O–H groups in total. The summed E-state index contributed by atoms with van der Waals surface area (Å²) in [5, 5.41) is 6.22. The summed E-state index contributed by atoms with van der Waals surface area (Å²) in [6.45, 7) is 1.66. The van der Waals surface area contributed by atoms with Crippen LogP contribution >= 0.6 is 15.9 Å². The average molecular weight is 352 g/mol. The van der Waals surface area contributed by atoms with Gasteiger partial charge >= 0.3 is 0 Å². The van der Waals surface area contributed by atoms with Crippen LogP contribution < -0.4 is 5.32 Å². The molecule has 1 aromatic carbocycles. The fourth-order valence-electron chi connectivity index (χ4n) is 1.71. The van der Waals surface area contributed by atoms with Crippen LogP contribution in [0.15, 0.2) is 39.3 Å². The molecule has 6 nitrogen and oxygen atoms in total. The van der Waals surface area contributed by atoms with Crippen LogP contribution in [0.5, 0.6) is 0 Å². The number of anilines is 1. The van der Waals surface area contributed by atoms with E-state index < -0.39 is 0 Å². The molecular formula is C14H14BrN3O3. The summed E-state index contributed by atoms with van der Waals surface area (Å²) in [6, 6.07) is 8.55. The number of likely N-dealkylation sites (N-methyl/N-ethyl adjacent to an activating group) is 1. The van der Waals surface area contributed by atoms with Crippen LogP contribution in [0.3, 0.4) is 0 Å². The van der Waals surface area contributed by atoms with Gasteiger partial charge in [0.1, 0.15) is 5.76 Å². The molecule has 0 aliphatic carbocycles. The molecule has 0 spiro atoms. The minimum absolute atomic E-state index is 0.0686. The molecule has 0 atom stereocenters. The number of nitrogens with one attached hydrogen (secondary N) is 1. The van der Waals surface area contributed by atoms with Gasteiger partial charge in [0.2, 0.25) is 5.91 Å². The highest BCUT2D eigenvalue weighted by atomic mass is 79.9. The number of aromatic nitrogens is 1. The highest BCUT2D eigenvalue weighted by Gasteiger charge is 2.15. The lowest BCUT2D eigenvalue weighted by molar-refractivity contribution is -0.116. The van der Waals surface area contributed by atoms with Gasteiger partial charge in [-0.25, -0.2) is 0 Å². The van der Waals surface area contributed by atoms with Gasteiger partial charge < -0.3 is 14.7 Å². The molecule has 1 heterocycles. The Morgan fingerprint density at radius 1 is 1.33 bits per heavy atom. The van der Waals surface area contributed by atoms with Crippen molar-refractivity contribution in [3.05, 3.63) is 46.1 Å². The van der Waals surface area contributed by atoms with Crippen LogP contribution in [0.1, 0.15) is 16.1 Å². The maximum Gasteiger partial charge on any atom is 0.254 e. The first-order valence-corrected chi connectivity index (χ1v) is 6.99. The number of carbonyl (C=O) groups is 2. The quantitative estimate of drug-likeness (QED) is 0.917. The van der Waals surface area contributed by atoms with Crippen LogP contribution in [-0.4, -0.2) is 35.5 Å². The molecule has 0 fully saturated rings. The van der Waals surface area contributed by atoms with Crippen molar-refractivity contribution < 1.29 is 14.1 Å². The lowest BCUT2D eigenvalue weighted by Gasteiger charge is -2.16. The molecule has 7 heteroatoms. The lowest BCUT2D eigenvalue weighted by Crippen LogP contribution is -2.34. The monoisotopic (exact) mass is 351 g/mol. The molecule has 0 bridgehead atoms. The molecular weight excluding hydrogens is 338 g/mol. The van der Waals surface area contributed by atoms with E-state index in [2.05, 4.69) is 26.4 Å². The molecule has 0 saturated carbocycles. The van der Waals surface area contributed by atoms with Gasteiger partial charge in [-0.05, 0) is 31.2 Å². The largest absolute Gasteiger partial charge is 0.360 e. The van der Waals surface area contributed by atoms with Gasteiger partial charge in [-0.1, -0.05) is 21.1 Å². The Morgan fingerprint density at radius 3 is 2.57 bits per heavy atom. The standard InChI is InChI=1S/C14H14BrN3O3/c1-9-7-12(17-21-9)16-13(19)8-18(2)14(20)10-3-5-11(15)6-4-10/h3-7H,8H2,1-2H3,(H,16,17,19). The second kappa shape index (κ2) is 6.53. The molecule has 0 saturated heterocycles. The van der Waals surface area contributed by atoms with E-state index in [1.54, 1.807) is 44.3 Å². The molecule has 0 unspecified atom stereocenters. The van der Waals surface area contributed by atoms with E-state index in [4.69, 9.17) is 4.52 Å². The Morgan fingerprint density at radius 2 is 2.00 bits per heavy atom. The fourth-order valence-corrected chi connectivity index (χ4v) is 1.97. The van der Waals surface area contributed by atoms with Crippen molar-refractivity contribution in [1.29, 1.82) is 0 Å². The summed E-state index contributed by atoms with van der Waals surface area (Å²) < 4.78 is 5.74. The Labute approximate surface area is 130 Å². The van der Waals surface area contributed by atoms with Gasteiger partial charge in [0.25, 0.3) is 5.91 Å². The maximum absolute atomic E-state index is 12.1. The summed E-state index contributed by atoms with van der Waals surface area (Å²) in [7, 11) is 1.57. The van der Waals surface area contributed by atoms with E-state index in [9.17, 15) is 9.59 Å². The fraction of sp³-hybridized carbons (Fsp3) is 0.214. The van der Waals surface area contributed by atoms with Gasteiger partial charge in [-0.3, -0.25) is 9.59 Å². The molecule has 2 aromatic rings. The van der Waals surface area contributed by atoms with Gasteiger partial charge in [0, 0.05) is 23.2 Å². The van der Waals surface area contributed by atoms with E-state index in [1.807, 2.05) is 0 Å². The molecule has 21 heavy (non-hydrogen) atoms. The predicted molar refractivity (Wildman–Crippen MR) is 81.0 cm³/mol. The average Bonchev–Trinajstić information content (AvgIpc) is 2.83. The van der Waals surface area contributed by atoms with E-state index in [-0.39, 0.29) is 18.4 Å². The lowest BCUT2D eigenvalue weighted by atomic mass is 10.2. The minimum Gasteiger partial charge on any atom is -0.360 e. The van der Waals surface area contributed by atoms with Crippen LogP contribution in [0, 0.1) is 6.92 Å². The number of nitrogens with zero attached hydrogens (tertiary/aromatic N) is 2. The molecule has 110 valence electrons. The van der Waals surface area contributed by atoms with Gasteiger partial charge in [-0.15, -0.1) is 0 Å². The number of hydrogen-bond donors (Lipinski definition) is 1. The van der Waals surface area contributed by atoms with Gasteiger partial charge in [0.05, 0.1) is 6.54 Å². The number of halogens is 1. The number of benzene rings is 1.